The fourth-order valence-corrected chi connectivity index (χ4v) is 2.13. The number of hydrogen-bond acceptors (Lipinski definition) is 3. The van der Waals surface area contributed by atoms with Crippen molar-refractivity contribution in [2.24, 2.45) is 0 Å². The molecule has 3 N–H and O–H groups in total. The molecule has 0 atom stereocenters. The first-order valence-electron chi connectivity index (χ1n) is 7.53. The molecule has 23 heavy (non-hydrogen) atoms. The number of aryl methyl sites for hydroxylation is 2. The molecule has 0 aromatic heterocycles. The van der Waals surface area contributed by atoms with Crippen LogP contribution in [0.15, 0.2) is 12.1 Å². The van der Waals surface area contributed by atoms with E-state index in [1.165, 1.54) is 0 Å². The minimum atomic E-state index is -0.791. The molecular formula is C16H23ClN2O4. The molecule has 7 heteroatoms. The van der Waals surface area contributed by atoms with Gasteiger partial charge in [0.1, 0.15) is 5.75 Å². The SMILES string of the molecule is Cc1cc(OCNC(=O)NCCCCCC(=O)O)cc(C)c1Cl. The van der Waals surface area contributed by atoms with Gasteiger partial charge in [-0.3, -0.25) is 4.79 Å². The average molecular weight is 343 g/mol. The third-order valence-electron chi connectivity index (χ3n) is 3.23. The van der Waals surface area contributed by atoms with Crippen molar-refractivity contribution in [2.75, 3.05) is 13.3 Å². The summed E-state index contributed by atoms with van der Waals surface area (Å²) >= 11 is 6.08. The lowest BCUT2D eigenvalue weighted by Crippen LogP contribution is -2.38. The van der Waals surface area contributed by atoms with Crippen LogP contribution in [0.4, 0.5) is 4.79 Å². The number of unbranched alkanes of at least 4 members (excludes halogenated alkanes) is 2. The molecule has 0 radical (unpaired) electrons. The summed E-state index contributed by atoms with van der Waals surface area (Å²) in [6.45, 7) is 4.36. The van der Waals surface area contributed by atoms with Gasteiger partial charge in [0.05, 0.1) is 0 Å². The van der Waals surface area contributed by atoms with E-state index < -0.39 is 5.97 Å². The summed E-state index contributed by atoms with van der Waals surface area (Å²) in [4.78, 5) is 21.9. The summed E-state index contributed by atoms with van der Waals surface area (Å²) in [7, 11) is 0. The third kappa shape index (κ3) is 7.74. The lowest BCUT2D eigenvalue weighted by molar-refractivity contribution is -0.137. The van der Waals surface area contributed by atoms with Crippen molar-refractivity contribution >= 4 is 23.6 Å². The molecule has 0 spiro atoms. The highest BCUT2D eigenvalue weighted by atomic mass is 35.5. The second kappa shape index (κ2) is 9.94. The van der Waals surface area contributed by atoms with E-state index in [-0.39, 0.29) is 19.2 Å². The number of urea groups is 1. The first kappa shape index (κ1) is 19.1. The number of halogens is 1. The number of hydrogen-bond donors (Lipinski definition) is 3. The minimum Gasteiger partial charge on any atom is -0.481 e. The molecule has 1 aromatic carbocycles. The molecule has 0 saturated carbocycles. The molecule has 0 heterocycles. The van der Waals surface area contributed by atoms with Crippen molar-refractivity contribution in [2.45, 2.75) is 39.5 Å². The standard InChI is InChI=1S/C16H23ClN2O4/c1-11-8-13(9-12(2)15(11)17)23-10-19-16(22)18-7-5-3-4-6-14(20)21/h8-9H,3-7,10H2,1-2H3,(H,20,21)(H2,18,19,22). The van der Waals surface area contributed by atoms with Gasteiger partial charge in [0, 0.05) is 18.0 Å². The van der Waals surface area contributed by atoms with Gasteiger partial charge in [-0.15, -0.1) is 0 Å². The van der Waals surface area contributed by atoms with Gasteiger partial charge in [-0.2, -0.15) is 0 Å². The maximum absolute atomic E-state index is 11.5. The number of ether oxygens (including phenoxy) is 1. The van der Waals surface area contributed by atoms with Crippen molar-refractivity contribution in [1.29, 1.82) is 0 Å². The Bertz CT molecular complexity index is 526. The molecule has 1 rings (SSSR count). The van der Waals surface area contributed by atoms with E-state index in [1.807, 2.05) is 26.0 Å². The lowest BCUT2D eigenvalue weighted by Gasteiger charge is -2.11. The molecule has 0 unspecified atom stereocenters. The zero-order valence-electron chi connectivity index (χ0n) is 13.4. The summed E-state index contributed by atoms with van der Waals surface area (Å²) in [6.07, 6.45) is 2.31. The molecule has 0 aliphatic heterocycles. The summed E-state index contributed by atoms with van der Waals surface area (Å²) < 4.78 is 5.47. The van der Waals surface area contributed by atoms with Gasteiger partial charge in [0.15, 0.2) is 6.73 Å². The van der Waals surface area contributed by atoms with Gasteiger partial charge in [-0.1, -0.05) is 18.0 Å². The summed E-state index contributed by atoms with van der Waals surface area (Å²) in [5, 5.41) is 14.5. The maximum Gasteiger partial charge on any atom is 0.317 e. The summed E-state index contributed by atoms with van der Waals surface area (Å²) in [5.74, 6) is -0.140. The van der Waals surface area contributed by atoms with Gasteiger partial charge in [0.25, 0.3) is 0 Å². The Morgan fingerprint density at radius 2 is 1.78 bits per heavy atom. The summed E-state index contributed by atoms with van der Waals surface area (Å²) in [6, 6.07) is 3.32. The number of nitrogens with one attached hydrogen (secondary N) is 2. The maximum atomic E-state index is 11.5. The van der Waals surface area contributed by atoms with Crippen LogP contribution in [0.2, 0.25) is 5.02 Å². The Labute approximate surface area is 141 Å². The highest BCUT2D eigenvalue weighted by molar-refractivity contribution is 6.32. The molecular weight excluding hydrogens is 320 g/mol. The van der Waals surface area contributed by atoms with Crippen LogP contribution in [0.3, 0.4) is 0 Å². The van der Waals surface area contributed by atoms with Gasteiger partial charge in [-0.25, -0.2) is 4.79 Å². The van der Waals surface area contributed by atoms with Gasteiger partial charge < -0.3 is 20.5 Å². The molecule has 0 bridgehead atoms. The van der Waals surface area contributed by atoms with E-state index in [4.69, 9.17) is 21.4 Å². The van der Waals surface area contributed by atoms with E-state index >= 15 is 0 Å². The quantitative estimate of drug-likeness (QED) is 0.475. The van der Waals surface area contributed by atoms with Crippen LogP contribution in [0.5, 0.6) is 5.75 Å². The molecule has 0 aliphatic rings. The fraction of sp³-hybridized carbons (Fsp3) is 0.500. The smallest absolute Gasteiger partial charge is 0.317 e. The zero-order chi connectivity index (χ0) is 17.2. The first-order chi connectivity index (χ1) is 10.9. The van der Waals surface area contributed by atoms with Crippen molar-refractivity contribution in [1.82, 2.24) is 10.6 Å². The second-order valence-corrected chi connectivity index (χ2v) is 5.67. The minimum absolute atomic E-state index is 0.0609. The Morgan fingerprint density at radius 1 is 1.13 bits per heavy atom. The molecule has 0 saturated heterocycles. The Morgan fingerprint density at radius 3 is 2.39 bits per heavy atom. The van der Waals surface area contributed by atoms with Crippen LogP contribution in [-0.4, -0.2) is 30.4 Å². The highest BCUT2D eigenvalue weighted by Crippen LogP contribution is 2.25. The van der Waals surface area contributed by atoms with Crippen LogP contribution in [-0.2, 0) is 4.79 Å². The van der Waals surface area contributed by atoms with Crippen LogP contribution in [0.1, 0.15) is 36.8 Å². The van der Waals surface area contributed by atoms with E-state index in [2.05, 4.69) is 10.6 Å². The Balaban J connectivity index is 2.16. The predicted molar refractivity (Wildman–Crippen MR) is 89.1 cm³/mol. The molecule has 6 nitrogen and oxygen atoms in total. The van der Waals surface area contributed by atoms with E-state index in [9.17, 15) is 9.59 Å². The molecule has 2 amide bonds. The van der Waals surface area contributed by atoms with Crippen molar-refractivity contribution in [3.8, 4) is 5.75 Å². The first-order valence-corrected chi connectivity index (χ1v) is 7.91. The van der Waals surface area contributed by atoms with E-state index in [1.54, 1.807) is 0 Å². The topological polar surface area (TPSA) is 87.7 Å². The number of rotatable bonds is 9. The second-order valence-electron chi connectivity index (χ2n) is 5.30. The average Bonchev–Trinajstić information content (AvgIpc) is 2.48. The largest absolute Gasteiger partial charge is 0.481 e. The third-order valence-corrected chi connectivity index (χ3v) is 3.83. The summed E-state index contributed by atoms with van der Waals surface area (Å²) in [5.41, 5.74) is 1.85. The zero-order valence-corrected chi connectivity index (χ0v) is 14.2. The normalized spacial score (nSPS) is 10.2. The van der Waals surface area contributed by atoms with Crippen molar-refractivity contribution in [3.05, 3.63) is 28.3 Å². The number of carboxylic acid groups (broad SMARTS) is 1. The predicted octanol–water partition coefficient (Wildman–Crippen LogP) is 3.24. The Hall–Kier alpha value is -1.95. The van der Waals surface area contributed by atoms with Crippen molar-refractivity contribution in [3.63, 3.8) is 0 Å². The fourth-order valence-electron chi connectivity index (χ4n) is 2.02. The van der Waals surface area contributed by atoms with Crippen LogP contribution in [0, 0.1) is 13.8 Å². The van der Waals surface area contributed by atoms with Gasteiger partial charge >= 0.3 is 12.0 Å². The van der Waals surface area contributed by atoms with E-state index in [0.717, 1.165) is 24.0 Å². The number of amides is 2. The Kier molecular flexibility index (Phi) is 8.26. The number of carbonyl (C=O) groups excluding carboxylic acids is 1. The van der Waals surface area contributed by atoms with Crippen LogP contribution < -0.4 is 15.4 Å². The van der Waals surface area contributed by atoms with Gasteiger partial charge in [-0.05, 0) is 49.9 Å². The molecule has 0 fully saturated rings. The molecule has 1 aromatic rings. The number of benzene rings is 1. The van der Waals surface area contributed by atoms with Gasteiger partial charge in [0.2, 0.25) is 0 Å². The lowest BCUT2D eigenvalue weighted by atomic mass is 10.1. The van der Waals surface area contributed by atoms with E-state index in [0.29, 0.717) is 23.7 Å². The van der Waals surface area contributed by atoms with Crippen molar-refractivity contribution < 1.29 is 19.4 Å². The number of carboxylic acids is 1. The number of carbonyl (C=O) groups is 2. The highest BCUT2D eigenvalue weighted by Gasteiger charge is 2.04. The monoisotopic (exact) mass is 342 g/mol. The molecule has 0 aliphatic carbocycles. The number of aliphatic carboxylic acids is 1. The molecule has 128 valence electrons. The van der Waals surface area contributed by atoms with Crippen LogP contribution in [0.25, 0.3) is 0 Å². The van der Waals surface area contributed by atoms with Crippen LogP contribution >= 0.6 is 11.6 Å².